The number of rotatable bonds is 3. The monoisotopic (exact) mass is 228 g/mol. The average molecular weight is 228 g/mol. The van der Waals surface area contributed by atoms with Gasteiger partial charge in [-0.05, 0) is 45.0 Å². The van der Waals surface area contributed by atoms with Gasteiger partial charge >= 0.3 is 0 Å². The first-order valence-corrected chi connectivity index (χ1v) is 7.43. The quantitative estimate of drug-likeness (QED) is 0.795. The normalized spacial score (nSPS) is 34.2. The van der Waals surface area contributed by atoms with E-state index in [9.17, 15) is 0 Å². The van der Waals surface area contributed by atoms with Gasteiger partial charge in [-0.3, -0.25) is 0 Å². The lowest BCUT2D eigenvalue weighted by molar-refractivity contribution is 0.227. The third-order valence-corrected chi connectivity index (χ3v) is 4.93. The van der Waals surface area contributed by atoms with Crippen LogP contribution >= 0.6 is 11.8 Å². The third-order valence-electron chi connectivity index (χ3n) is 3.53. The van der Waals surface area contributed by atoms with E-state index in [2.05, 4.69) is 29.0 Å². The predicted octanol–water partition coefficient (Wildman–Crippen LogP) is 1.96. The van der Waals surface area contributed by atoms with Gasteiger partial charge in [0.2, 0.25) is 0 Å². The number of likely N-dealkylation sites (N-methyl/N-ethyl adjacent to an activating group) is 1. The maximum Gasteiger partial charge on any atom is 0.0195 e. The maximum absolute atomic E-state index is 3.76. The molecule has 0 aromatic heterocycles. The molecule has 2 saturated heterocycles. The molecule has 2 aliphatic rings. The summed E-state index contributed by atoms with van der Waals surface area (Å²) in [5, 5.41) is 4.65. The van der Waals surface area contributed by atoms with E-state index in [1.807, 2.05) is 0 Å². The lowest BCUT2D eigenvalue weighted by Crippen LogP contribution is -2.46. The van der Waals surface area contributed by atoms with Crippen LogP contribution in [0.4, 0.5) is 0 Å². The first-order chi connectivity index (χ1) is 7.34. The van der Waals surface area contributed by atoms with Crippen LogP contribution in [0.15, 0.2) is 0 Å². The van der Waals surface area contributed by atoms with Crippen LogP contribution in [0.3, 0.4) is 0 Å². The fraction of sp³-hybridized carbons (Fsp3) is 1.00. The SMILES string of the molecule is CN1CCCC(NCC2CCCCS2)C1. The summed E-state index contributed by atoms with van der Waals surface area (Å²) < 4.78 is 0. The van der Waals surface area contributed by atoms with E-state index in [0.29, 0.717) is 0 Å². The van der Waals surface area contributed by atoms with Crippen LogP contribution in [-0.2, 0) is 0 Å². The van der Waals surface area contributed by atoms with E-state index in [-0.39, 0.29) is 0 Å². The molecule has 3 heteroatoms. The minimum atomic E-state index is 0.756. The van der Waals surface area contributed by atoms with Gasteiger partial charge in [0.15, 0.2) is 0 Å². The Bertz CT molecular complexity index is 180. The second-order valence-electron chi connectivity index (χ2n) is 5.00. The molecule has 0 aromatic rings. The Morgan fingerprint density at radius 3 is 2.93 bits per heavy atom. The summed E-state index contributed by atoms with van der Waals surface area (Å²) in [6.45, 7) is 3.77. The van der Waals surface area contributed by atoms with Crippen molar-refractivity contribution >= 4 is 11.8 Å². The second kappa shape index (κ2) is 6.12. The summed E-state index contributed by atoms with van der Waals surface area (Å²) in [5.74, 6) is 1.39. The Labute approximate surface area is 98.2 Å². The van der Waals surface area contributed by atoms with Crippen molar-refractivity contribution in [2.24, 2.45) is 0 Å². The van der Waals surface area contributed by atoms with Gasteiger partial charge in [0, 0.05) is 24.4 Å². The van der Waals surface area contributed by atoms with Gasteiger partial charge in [0.25, 0.3) is 0 Å². The highest BCUT2D eigenvalue weighted by molar-refractivity contribution is 7.99. The van der Waals surface area contributed by atoms with E-state index in [1.54, 1.807) is 0 Å². The molecule has 0 saturated carbocycles. The summed E-state index contributed by atoms with van der Waals surface area (Å²) >= 11 is 2.18. The lowest BCUT2D eigenvalue weighted by Gasteiger charge is -2.32. The number of piperidine rings is 1. The van der Waals surface area contributed by atoms with Crippen LogP contribution in [0.2, 0.25) is 0 Å². The molecule has 2 unspecified atom stereocenters. The lowest BCUT2D eigenvalue weighted by atomic mass is 10.1. The van der Waals surface area contributed by atoms with Crippen molar-refractivity contribution in [2.45, 2.75) is 43.4 Å². The molecule has 2 aliphatic heterocycles. The molecule has 0 bridgehead atoms. The van der Waals surface area contributed by atoms with Gasteiger partial charge in [0.1, 0.15) is 0 Å². The predicted molar refractivity (Wildman–Crippen MR) is 68.6 cm³/mol. The van der Waals surface area contributed by atoms with Crippen molar-refractivity contribution < 1.29 is 0 Å². The van der Waals surface area contributed by atoms with Gasteiger partial charge in [-0.25, -0.2) is 0 Å². The molecule has 0 aliphatic carbocycles. The van der Waals surface area contributed by atoms with Crippen LogP contribution in [0.5, 0.6) is 0 Å². The molecule has 88 valence electrons. The summed E-state index contributed by atoms with van der Waals surface area (Å²) in [7, 11) is 2.24. The number of likely N-dealkylation sites (tertiary alicyclic amines) is 1. The van der Waals surface area contributed by atoms with E-state index in [1.165, 1.54) is 57.5 Å². The smallest absolute Gasteiger partial charge is 0.0195 e. The first-order valence-electron chi connectivity index (χ1n) is 6.38. The van der Waals surface area contributed by atoms with E-state index in [0.717, 1.165) is 11.3 Å². The number of nitrogens with zero attached hydrogens (tertiary/aromatic N) is 1. The van der Waals surface area contributed by atoms with E-state index < -0.39 is 0 Å². The molecule has 1 N–H and O–H groups in total. The van der Waals surface area contributed by atoms with Gasteiger partial charge in [-0.2, -0.15) is 11.8 Å². The minimum absolute atomic E-state index is 0.756. The molecular weight excluding hydrogens is 204 g/mol. The van der Waals surface area contributed by atoms with Crippen LogP contribution in [0.1, 0.15) is 32.1 Å². The van der Waals surface area contributed by atoms with Crippen molar-refractivity contribution in [3.63, 3.8) is 0 Å². The molecule has 0 spiro atoms. The zero-order valence-electron chi connectivity index (χ0n) is 9.87. The Balaban J connectivity index is 1.63. The molecule has 2 fully saturated rings. The second-order valence-corrected chi connectivity index (χ2v) is 6.41. The fourth-order valence-corrected chi connectivity index (χ4v) is 3.85. The Kier molecular flexibility index (Phi) is 4.79. The Hall–Kier alpha value is 0.270. The molecule has 0 amide bonds. The van der Waals surface area contributed by atoms with Crippen molar-refractivity contribution in [2.75, 3.05) is 32.4 Å². The first kappa shape index (κ1) is 11.7. The summed E-state index contributed by atoms with van der Waals surface area (Å²) in [6, 6.07) is 0.756. The molecule has 2 heterocycles. The summed E-state index contributed by atoms with van der Waals surface area (Å²) in [5.41, 5.74) is 0. The van der Waals surface area contributed by atoms with Gasteiger partial charge in [0.05, 0.1) is 0 Å². The zero-order chi connectivity index (χ0) is 10.5. The average Bonchev–Trinajstić information content (AvgIpc) is 2.28. The summed E-state index contributed by atoms with van der Waals surface area (Å²) in [6.07, 6.45) is 7.06. The molecule has 15 heavy (non-hydrogen) atoms. The standard InChI is InChI=1S/C12H24N2S/c1-14-7-4-5-11(10-14)13-9-12-6-2-3-8-15-12/h11-13H,2-10H2,1H3. The highest BCUT2D eigenvalue weighted by atomic mass is 32.2. The maximum atomic E-state index is 3.76. The van der Waals surface area contributed by atoms with Crippen LogP contribution in [0, 0.1) is 0 Å². The number of hydrogen-bond acceptors (Lipinski definition) is 3. The third kappa shape index (κ3) is 3.97. The van der Waals surface area contributed by atoms with Crippen molar-refractivity contribution in [1.29, 1.82) is 0 Å². The van der Waals surface area contributed by atoms with Crippen molar-refractivity contribution in [1.82, 2.24) is 10.2 Å². The van der Waals surface area contributed by atoms with Crippen LogP contribution in [-0.4, -0.2) is 48.6 Å². The van der Waals surface area contributed by atoms with Crippen molar-refractivity contribution in [3.8, 4) is 0 Å². The van der Waals surface area contributed by atoms with Crippen molar-refractivity contribution in [3.05, 3.63) is 0 Å². The van der Waals surface area contributed by atoms with Crippen LogP contribution in [0.25, 0.3) is 0 Å². The van der Waals surface area contributed by atoms with E-state index >= 15 is 0 Å². The number of nitrogens with one attached hydrogen (secondary N) is 1. The number of hydrogen-bond donors (Lipinski definition) is 1. The number of thioether (sulfide) groups is 1. The molecule has 0 radical (unpaired) electrons. The minimum Gasteiger partial charge on any atom is -0.312 e. The largest absolute Gasteiger partial charge is 0.312 e. The zero-order valence-corrected chi connectivity index (χ0v) is 10.7. The topological polar surface area (TPSA) is 15.3 Å². The van der Waals surface area contributed by atoms with E-state index in [4.69, 9.17) is 0 Å². The van der Waals surface area contributed by atoms with Gasteiger partial charge in [-0.1, -0.05) is 6.42 Å². The molecule has 2 rings (SSSR count). The van der Waals surface area contributed by atoms with Crippen LogP contribution < -0.4 is 5.32 Å². The Morgan fingerprint density at radius 2 is 2.20 bits per heavy atom. The van der Waals surface area contributed by atoms with Gasteiger partial charge < -0.3 is 10.2 Å². The fourth-order valence-electron chi connectivity index (χ4n) is 2.60. The molecular formula is C12H24N2S. The molecule has 2 nitrogen and oxygen atoms in total. The highest BCUT2D eigenvalue weighted by Crippen LogP contribution is 2.24. The van der Waals surface area contributed by atoms with Gasteiger partial charge in [-0.15, -0.1) is 0 Å². The highest BCUT2D eigenvalue weighted by Gasteiger charge is 2.19. The Morgan fingerprint density at radius 1 is 1.27 bits per heavy atom. The molecule has 0 aromatic carbocycles. The summed E-state index contributed by atoms with van der Waals surface area (Å²) in [4.78, 5) is 2.45. The molecule has 2 atom stereocenters.